The summed E-state index contributed by atoms with van der Waals surface area (Å²) in [5, 5.41) is 14.2. The molecule has 1 amide bonds. The third-order valence-electron chi connectivity index (χ3n) is 3.65. The van der Waals surface area contributed by atoms with Crippen molar-refractivity contribution in [2.75, 3.05) is 13.7 Å². The molecule has 9 heteroatoms. The summed E-state index contributed by atoms with van der Waals surface area (Å²) in [7, 11) is 1.41. The van der Waals surface area contributed by atoms with Gasteiger partial charge in [-0.2, -0.15) is 0 Å². The molecule has 0 aliphatic heterocycles. The Balaban J connectivity index is 2.22. The van der Waals surface area contributed by atoms with E-state index in [-0.39, 0.29) is 39.9 Å². The molecular weight excluding hydrogens is 374 g/mol. The predicted molar refractivity (Wildman–Crippen MR) is 102 cm³/mol. The largest absolute Gasteiger partial charge is 0.493 e. The van der Waals surface area contributed by atoms with Crippen molar-refractivity contribution in [1.82, 2.24) is 5.32 Å². The molecule has 1 unspecified atom stereocenters. The van der Waals surface area contributed by atoms with E-state index in [9.17, 15) is 14.9 Å². The smallest absolute Gasteiger partial charge is 0.313 e. The van der Waals surface area contributed by atoms with E-state index in [4.69, 9.17) is 26.8 Å². The molecule has 2 aromatic carbocycles. The van der Waals surface area contributed by atoms with Crippen molar-refractivity contribution in [3.63, 3.8) is 0 Å². The van der Waals surface area contributed by atoms with Crippen molar-refractivity contribution in [2.24, 2.45) is 5.73 Å². The predicted octanol–water partition coefficient (Wildman–Crippen LogP) is 3.52. The number of methoxy groups -OCH3 is 1. The van der Waals surface area contributed by atoms with Crippen LogP contribution in [-0.4, -0.2) is 30.5 Å². The first-order valence-corrected chi connectivity index (χ1v) is 8.53. The van der Waals surface area contributed by atoms with Crippen LogP contribution in [0, 0.1) is 10.1 Å². The Hall–Kier alpha value is -2.84. The second-order valence-electron chi connectivity index (χ2n) is 5.86. The van der Waals surface area contributed by atoms with Crippen LogP contribution in [0.15, 0.2) is 36.4 Å². The fourth-order valence-electron chi connectivity index (χ4n) is 2.25. The van der Waals surface area contributed by atoms with Crippen molar-refractivity contribution in [2.45, 2.75) is 19.4 Å². The molecule has 0 bridgehead atoms. The number of benzene rings is 2. The average molecular weight is 394 g/mol. The Morgan fingerprint density at radius 3 is 2.59 bits per heavy atom. The maximum Gasteiger partial charge on any atom is 0.313 e. The first kappa shape index (κ1) is 20.5. The SMILES string of the molecule is COc1cc(C(=O)NCCC(C)N)ccc1Oc1ccc(Cl)cc1[N+](=O)[O-]. The quantitative estimate of drug-likeness (QED) is 0.523. The van der Waals surface area contributed by atoms with Crippen LogP contribution in [0.5, 0.6) is 17.2 Å². The Labute approximate surface area is 161 Å². The number of rotatable bonds is 8. The highest BCUT2D eigenvalue weighted by Gasteiger charge is 2.19. The maximum absolute atomic E-state index is 12.2. The molecule has 0 radical (unpaired) electrons. The molecular formula is C18H20ClN3O5. The van der Waals surface area contributed by atoms with Gasteiger partial charge in [0.25, 0.3) is 5.91 Å². The Morgan fingerprint density at radius 2 is 1.96 bits per heavy atom. The van der Waals surface area contributed by atoms with E-state index < -0.39 is 4.92 Å². The molecule has 0 heterocycles. The minimum atomic E-state index is -0.589. The van der Waals surface area contributed by atoms with Crippen molar-refractivity contribution in [3.05, 3.63) is 57.1 Å². The monoisotopic (exact) mass is 393 g/mol. The number of hydrogen-bond acceptors (Lipinski definition) is 6. The van der Waals surface area contributed by atoms with Gasteiger partial charge < -0.3 is 20.5 Å². The van der Waals surface area contributed by atoms with E-state index >= 15 is 0 Å². The maximum atomic E-state index is 12.2. The number of nitro groups is 1. The molecule has 0 spiro atoms. The molecule has 2 rings (SSSR count). The van der Waals surface area contributed by atoms with E-state index in [1.54, 1.807) is 6.07 Å². The Kier molecular flexibility index (Phi) is 6.98. The van der Waals surface area contributed by atoms with Crippen molar-refractivity contribution >= 4 is 23.2 Å². The molecule has 3 N–H and O–H groups in total. The van der Waals surface area contributed by atoms with Crippen LogP contribution in [0.4, 0.5) is 5.69 Å². The second kappa shape index (κ2) is 9.20. The summed E-state index contributed by atoms with van der Waals surface area (Å²) < 4.78 is 10.9. The van der Waals surface area contributed by atoms with Crippen LogP contribution in [0.2, 0.25) is 5.02 Å². The van der Waals surface area contributed by atoms with Crippen LogP contribution in [0.3, 0.4) is 0 Å². The number of nitro benzene ring substituents is 1. The third-order valence-corrected chi connectivity index (χ3v) is 3.88. The van der Waals surface area contributed by atoms with Gasteiger partial charge in [0.15, 0.2) is 11.5 Å². The van der Waals surface area contributed by atoms with Crippen LogP contribution in [-0.2, 0) is 0 Å². The molecule has 27 heavy (non-hydrogen) atoms. The van der Waals surface area contributed by atoms with Crippen LogP contribution >= 0.6 is 11.6 Å². The molecule has 144 valence electrons. The fraction of sp³-hybridized carbons (Fsp3) is 0.278. The minimum Gasteiger partial charge on any atom is -0.493 e. The highest BCUT2D eigenvalue weighted by molar-refractivity contribution is 6.30. The molecule has 1 atom stereocenters. The molecule has 0 saturated carbocycles. The fourth-order valence-corrected chi connectivity index (χ4v) is 2.41. The Bertz CT molecular complexity index is 842. The van der Waals surface area contributed by atoms with Gasteiger partial charge in [-0.15, -0.1) is 0 Å². The van der Waals surface area contributed by atoms with Crippen LogP contribution in [0.1, 0.15) is 23.7 Å². The van der Waals surface area contributed by atoms with Crippen molar-refractivity contribution < 1.29 is 19.2 Å². The van der Waals surface area contributed by atoms with Gasteiger partial charge in [-0.25, -0.2) is 0 Å². The van der Waals surface area contributed by atoms with Gasteiger partial charge in [0, 0.05) is 29.2 Å². The van der Waals surface area contributed by atoms with Gasteiger partial charge in [-0.05, 0) is 43.7 Å². The van der Waals surface area contributed by atoms with Crippen molar-refractivity contribution in [1.29, 1.82) is 0 Å². The summed E-state index contributed by atoms with van der Waals surface area (Å²) in [4.78, 5) is 22.8. The highest BCUT2D eigenvalue weighted by Crippen LogP contribution is 2.37. The lowest BCUT2D eigenvalue weighted by Gasteiger charge is -2.13. The number of carbonyl (C=O) groups is 1. The summed E-state index contributed by atoms with van der Waals surface area (Å²) in [5.74, 6) is 0.226. The number of ether oxygens (including phenoxy) is 2. The molecule has 0 aliphatic rings. The topological polar surface area (TPSA) is 117 Å². The lowest BCUT2D eigenvalue weighted by Crippen LogP contribution is -2.28. The van der Waals surface area contributed by atoms with Gasteiger partial charge in [-0.1, -0.05) is 11.6 Å². The lowest BCUT2D eigenvalue weighted by atomic mass is 10.1. The summed E-state index contributed by atoms with van der Waals surface area (Å²) >= 11 is 5.80. The normalized spacial score (nSPS) is 11.6. The third kappa shape index (κ3) is 5.57. The zero-order valence-corrected chi connectivity index (χ0v) is 15.7. The van der Waals surface area contributed by atoms with E-state index in [2.05, 4.69) is 5.32 Å². The summed E-state index contributed by atoms with van der Waals surface area (Å²) in [6, 6.07) is 8.62. The molecule has 8 nitrogen and oxygen atoms in total. The molecule has 0 saturated heterocycles. The number of carbonyl (C=O) groups excluding carboxylic acids is 1. The second-order valence-corrected chi connectivity index (χ2v) is 6.30. The van der Waals surface area contributed by atoms with E-state index in [1.165, 1.54) is 37.4 Å². The first-order chi connectivity index (χ1) is 12.8. The zero-order chi connectivity index (χ0) is 20.0. The first-order valence-electron chi connectivity index (χ1n) is 8.15. The van der Waals surface area contributed by atoms with Crippen LogP contribution in [0.25, 0.3) is 0 Å². The van der Waals surface area contributed by atoms with Gasteiger partial charge in [-0.3, -0.25) is 14.9 Å². The van der Waals surface area contributed by atoms with Crippen LogP contribution < -0.4 is 20.5 Å². The van der Waals surface area contributed by atoms with E-state index in [0.29, 0.717) is 18.5 Å². The molecule has 0 aromatic heterocycles. The van der Waals surface area contributed by atoms with E-state index in [0.717, 1.165) is 0 Å². The van der Waals surface area contributed by atoms with Gasteiger partial charge in [0.05, 0.1) is 12.0 Å². The molecule has 2 aromatic rings. The summed E-state index contributed by atoms with van der Waals surface area (Å²) in [6.07, 6.45) is 0.657. The number of halogens is 1. The highest BCUT2D eigenvalue weighted by atomic mass is 35.5. The minimum absolute atomic E-state index is 0.00854. The van der Waals surface area contributed by atoms with E-state index in [1.807, 2.05) is 6.92 Å². The summed E-state index contributed by atoms with van der Waals surface area (Å²) in [6.45, 7) is 2.31. The number of nitrogens with one attached hydrogen (secondary N) is 1. The number of hydrogen-bond donors (Lipinski definition) is 2. The zero-order valence-electron chi connectivity index (χ0n) is 14.9. The van der Waals surface area contributed by atoms with Gasteiger partial charge >= 0.3 is 5.69 Å². The van der Waals surface area contributed by atoms with Gasteiger partial charge in [0.2, 0.25) is 5.75 Å². The number of nitrogens with two attached hydrogens (primary N) is 1. The number of amides is 1. The van der Waals surface area contributed by atoms with Crippen molar-refractivity contribution in [3.8, 4) is 17.2 Å². The van der Waals surface area contributed by atoms with Gasteiger partial charge in [0.1, 0.15) is 0 Å². The standard InChI is InChI=1S/C18H20ClN3O5/c1-11(20)7-8-21-18(23)12-3-5-16(17(9-12)26-2)27-15-6-4-13(19)10-14(15)22(24)25/h3-6,9-11H,7-8,20H2,1-2H3,(H,21,23). The summed E-state index contributed by atoms with van der Waals surface area (Å²) in [5.41, 5.74) is 5.75. The number of nitrogens with zero attached hydrogens (tertiary/aromatic N) is 1. The molecule has 0 aliphatic carbocycles. The lowest BCUT2D eigenvalue weighted by molar-refractivity contribution is -0.385. The molecule has 0 fully saturated rings. The Morgan fingerprint density at radius 1 is 1.26 bits per heavy atom. The average Bonchev–Trinajstić information content (AvgIpc) is 2.62.